The summed E-state index contributed by atoms with van der Waals surface area (Å²) in [6, 6.07) is 8.94. The molecular weight excluding hydrogens is 326 g/mol. The topological polar surface area (TPSA) is 83.6 Å². The number of pyridine rings is 1. The molecule has 0 aliphatic heterocycles. The molecule has 0 radical (unpaired) electrons. The number of nitrogens with zero attached hydrogens (tertiary/aromatic N) is 3. The van der Waals surface area contributed by atoms with Crippen LogP contribution in [0.15, 0.2) is 42.7 Å². The number of halogens is 1. The van der Waals surface area contributed by atoms with Crippen LogP contribution in [0.1, 0.15) is 35.9 Å². The molecule has 0 aliphatic carbocycles. The SMILES string of the molecule is CC(C)c1nc(-c2ccccc2NC(=O)c2ccncc2Cl)n[nH]1. The van der Waals surface area contributed by atoms with Gasteiger partial charge in [0.15, 0.2) is 5.82 Å². The summed E-state index contributed by atoms with van der Waals surface area (Å²) >= 11 is 6.03. The van der Waals surface area contributed by atoms with Crippen LogP contribution in [-0.2, 0) is 0 Å². The third-order valence-corrected chi connectivity index (χ3v) is 3.78. The van der Waals surface area contributed by atoms with Gasteiger partial charge in [0.1, 0.15) is 5.82 Å². The lowest BCUT2D eigenvalue weighted by atomic mass is 10.1. The number of aromatic nitrogens is 4. The van der Waals surface area contributed by atoms with Crippen LogP contribution in [0.4, 0.5) is 5.69 Å². The van der Waals surface area contributed by atoms with Crippen molar-refractivity contribution in [3.63, 3.8) is 0 Å². The van der Waals surface area contributed by atoms with Gasteiger partial charge >= 0.3 is 0 Å². The Bertz CT molecular complexity index is 875. The molecule has 0 spiro atoms. The smallest absolute Gasteiger partial charge is 0.257 e. The predicted molar refractivity (Wildman–Crippen MR) is 93.1 cm³/mol. The van der Waals surface area contributed by atoms with E-state index in [1.807, 2.05) is 32.0 Å². The second-order valence-electron chi connectivity index (χ2n) is 5.55. The van der Waals surface area contributed by atoms with Gasteiger partial charge in [-0.25, -0.2) is 4.98 Å². The van der Waals surface area contributed by atoms with Gasteiger partial charge in [0, 0.05) is 23.9 Å². The van der Waals surface area contributed by atoms with E-state index in [0.29, 0.717) is 22.1 Å². The largest absolute Gasteiger partial charge is 0.321 e. The molecule has 0 bridgehead atoms. The molecule has 0 saturated carbocycles. The molecule has 6 nitrogen and oxygen atoms in total. The zero-order valence-electron chi connectivity index (χ0n) is 13.2. The fourth-order valence-corrected chi connectivity index (χ4v) is 2.39. The monoisotopic (exact) mass is 341 g/mol. The Morgan fingerprint density at radius 1 is 1.25 bits per heavy atom. The highest BCUT2D eigenvalue weighted by molar-refractivity contribution is 6.34. The number of rotatable bonds is 4. The second kappa shape index (κ2) is 6.80. The quantitative estimate of drug-likeness (QED) is 0.754. The summed E-state index contributed by atoms with van der Waals surface area (Å²) in [5, 5.41) is 10.3. The van der Waals surface area contributed by atoms with Gasteiger partial charge in [-0.1, -0.05) is 37.6 Å². The first-order valence-corrected chi connectivity index (χ1v) is 7.86. The van der Waals surface area contributed by atoms with Crippen molar-refractivity contribution < 1.29 is 4.79 Å². The van der Waals surface area contributed by atoms with Crippen molar-refractivity contribution >= 4 is 23.2 Å². The van der Waals surface area contributed by atoms with Crippen LogP contribution >= 0.6 is 11.6 Å². The number of amides is 1. The summed E-state index contributed by atoms with van der Waals surface area (Å²) in [6.45, 7) is 4.06. The summed E-state index contributed by atoms with van der Waals surface area (Å²) in [4.78, 5) is 20.8. The molecule has 2 N–H and O–H groups in total. The average Bonchev–Trinajstić information content (AvgIpc) is 3.06. The van der Waals surface area contributed by atoms with Crippen molar-refractivity contribution in [2.24, 2.45) is 0 Å². The minimum absolute atomic E-state index is 0.239. The van der Waals surface area contributed by atoms with Crippen molar-refractivity contribution in [1.82, 2.24) is 20.2 Å². The standard InChI is InChI=1S/C17H16ClN5O/c1-10(2)15-21-16(23-22-15)12-5-3-4-6-14(12)20-17(24)11-7-8-19-9-13(11)18/h3-10H,1-2H3,(H,20,24)(H,21,22,23). The van der Waals surface area contributed by atoms with Gasteiger partial charge in [-0.05, 0) is 18.2 Å². The van der Waals surface area contributed by atoms with Crippen LogP contribution in [0.3, 0.4) is 0 Å². The van der Waals surface area contributed by atoms with Gasteiger partial charge < -0.3 is 5.32 Å². The fourth-order valence-electron chi connectivity index (χ4n) is 2.19. The van der Waals surface area contributed by atoms with Gasteiger partial charge in [0.25, 0.3) is 5.91 Å². The van der Waals surface area contributed by atoms with E-state index < -0.39 is 0 Å². The zero-order valence-corrected chi connectivity index (χ0v) is 14.0. The van der Waals surface area contributed by atoms with E-state index in [1.165, 1.54) is 12.4 Å². The number of para-hydroxylation sites is 1. The molecule has 24 heavy (non-hydrogen) atoms. The first kappa shape index (κ1) is 16.1. The summed E-state index contributed by atoms with van der Waals surface area (Å²) in [5.41, 5.74) is 1.71. The molecule has 122 valence electrons. The maximum absolute atomic E-state index is 12.5. The molecule has 2 heterocycles. The Kier molecular flexibility index (Phi) is 4.57. The summed E-state index contributed by atoms with van der Waals surface area (Å²) in [5.74, 6) is 1.26. The number of anilines is 1. The van der Waals surface area contributed by atoms with E-state index in [1.54, 1.807) is 12.1 Å². The highest BCUT2D eigenvalue weighted by atomic mass is 35.5. The number of carbonyl (C=O) groups is 1. The molecule has 1 aromatic carbocycles. The lowest BCUT2D eigenvalue weighted by molar-refractivity contribution is 0.102. The number of aromatic amines is 1. The van der Waals surface area contributed by atoms with E-state index >= 15 is 0 Å². The Labute approximate surface area is 144 Å². The minimum Gasteiger partial charge on any atom is -0.321 e. The van der Waals surface area contributed by atoms with Crippen molar-refractivity contribution in [3.8, 4) is 11.4 Å². The molecule has 3 rings (SSSR count). The van der Waals surface area contributed by atoms with Gasteiger partial charge in [0.05, 0.1) is 16.3 Å². The third-order valence-electron chi connectivity index (χ3n) is 3.48. The number of nitrogens with one attached hydrogen (secondary N) is 2. The predicted octanol–water partition coefficient (Wildman–Crippen LogP) is 3.90. The molecule has 2 aromatic heterocycles. The molecule has 3 aromatic rings. The van der Waals surface area contributed by atoms with Crippen LogP contribution in [0.5, 0.6) is 0 Å². The molecular formula is C17H16ClN5O. The average molecular weight is 342 g/mol. The third kappa shape index (κ3) is 3.28. The van der Waals surface area contributed by atoms with Gasteiger partial charge in [-0.15, -0.1) is 0 Å². The van der Waals surface area contributed by atoms with Crippen molar-refractivity contribution in [1.29, 1.82) is 0 Å². The Balaban J connectivity index is 1.92. The number of carbonyl (C=O) groups excluding carboxylic acids is 1. The molecule has 7 heteroatoms. The van der Waals surface area contributed by atoms with Crippen molar-refractivity contribution in [2.75, 3.05) is 5.32 Å². The van der Waals surface area contributed by atoms with Crippen LogP contribution in [-0.4, -0.2) is 26.1 Å². The van der Waals surface area contributed by atoms with Gasteiger partial charge in [0.2, 0.25) is 0 Å². The molecule has 0 atom stereocenters. The van der Waals surface area contributed by atoms with Crippen LogP contribution in [0.25, 0.3) is 11.4 Å². The zero-order chi connectivity index (χ0) is 17.1. The first-order valence-electron chi connectivity index (χ1n) is 7.49. The summed E-state index contributed by atoms with van der Waals surface area (Å²) in [7, 11) is 0. The Morgan fingerprint density at radius 2 is 2.04 bits per heavy atom. The normalized spacial score (nSPS) is 10.8. The highest BCUT2D eigenvalue weighted by Gasteiger charge is 2.15. The van der Waals surface area contributed by atoms with E-state index in [9.17, 15) is 4.79 Å². The number of H-pyrrole nitrogens is 1. The lowest BCUT2D eigenvalue weighted by Crippen LogP contribution is -2.13. The van der Waals surface area contributed by atoms with E-state index in [4.69, 9.17) is 11.6 Å². The maximum atomic E-state index is 12.5. The second-order valence-corrected chi connectivity index (χ2v) is 5.96. The lowest BCUT2D eigenvalue weighted by Gasteiger charge is -2.09. The van der Waals surface area contributed by atoms with E-state index in [-0.39, 0.29) is 11.8 Å². The number of hydrogen-bond acceptors (Lipinski definition) is 4. The van der Waals surface area contributed by atoms with Crippen molar-refractivity contribution in [2.45, 2.75) is 19.8 Å². The Hall–Kier alpha value is -2.73. The van der Waals surface area contributed by atoms with Crippen LogP contribution in [0, 0.1) is 0 Å². The summed E-state index contributed by atoms with van der Waals surface area (Å²) < 4.78 is 0. The number of benzene rings is 1. The molecule has 0 fully saturated rings. The van der Waals surface area contributed by atoms with E-state index in [2.05, 4.69) is 25.5 Å². The molecule has 1 amide bonds. The first-order chi connectivity index (χ1) is 11.6. The molecule has 0 aliphatic rings. The maximum Gasteiger partial charge on any atom is 0.257 e. The van der Waals surface area contributed by atoms with Gasteiger partial charge in [-0.2, -0.15) is 5.10 Å². The Morgan fingerprint density at radius 3 is 2.75 bits per heavy atom. The van der Waals surface area contributed by atoms with Crippen molar-refractivity contribution in [3.05, 3.63) is 59.1 Å². The van der Waals surface area contributed by atoms with Crippen LogP contribution in [0.2, 0.25) is 5.02 Å². The van der Waals surface area contributed by atoms with E-state index in [0.717, 1.165) is 11.4 Å². The molecule has 0 unspecified atom stereocenters. The fraction of sp³-hybridized carbons (Fsp3) is 0.176. The van der Waals surface area contributed by atoms with Crippen LogP contribution < -0.4 is 5.32 Å². The highest BCUT2D eigenvalue weighted by Crippen LogP contribution is 2.27. The molecule has 0 saturated heterocycles. The minimum atomic E-state index is -0.311. The number of hydrogen-bond donors (Lipinski definition) is 2. The van der Waals surface area contributed by atoms with Gasteiger partial charge in [-0.3, -0.25) is 14.9 Å². The summed E-state index contributed by atoms with van der Waals surface area (Å²) in [6.07, 6.45) is 2.96.